The summed E-state index contributed by atoms with van der Waals surface area (Å²) in [6.45, 7) is 3.64. The molecule has 1 aromatic heterocycles. The van der Waals surface area contributed by atoms with E-state index < -0.39 is 9.84 Å². The number of nitrogens with zero attached hydrogens (tertiary/aromatic N) is 1. The Balaban J connectivity index is 0.00000242. The third kappa shape index (κ3) is 6.04. The number of halogens is 1. The van der Waals surface area contributed by atoms with Crippen LogP contribution in [0.2, 0.25) is 0 Å². The van der Waals surface area contributed by atoms with E-state index in [9.17, 15) is 8.42 Å². The zero-order chi connectivity index (χ0) is 15.3. The van der Waals surface area contributed by atoms with Gasteiger partial charge in [0.15, 0.2) is 15.8 Å². The van der Waals surface area contributed by atoms with Gasteiger partial charge < -0.3 is 10.6 Å². The van der Waals surface area contributed by atoms with Crippen LogP contribution in [0.1, 0.15) is 24.8 Å². The Kier molecular flexibility index (Phi) is 8.12. The Morgan fingerprint density at radius 3 is 2.82 bits per heavy atom. The minimum Gasteiger partial charge on any atom is -0.356 e. The van der Waals surface area contributed by atoms with E-state index in [-0.39, 0.29) is 29.9 Å². The number of guanidine groups is 1. The second-order valence-corrected chi connectivity index (χ2v) is 8.57. The number of rotatable bonds is 5. The van der Waals surface area contributed by atoms with Crippen molar-refractivity contribution in [1.29, 1.82) is 0 Å². The van der Waals surface area contributed by atoms with Gasteiger partial charge >= 0.3 is 0 Å². The van der Waals surface area contributed by atoms with Gasteiger partial charge in [0.1, 0.15) is 0 Å². The summed E-state index contributed by atoms with van der Waals surface area (Å²) in [6, 6.07) is 2.14. The smallest absolute Gasteiger partial charge is 0.191 e. The van der Waals surface area contributed by atoms with Crippen LogP contribution >= 0.6 is 35.3 Å². The highest BCUT2D eigenvalue weighted by Crippen LogP contribution is 2.18. The fourth-order valence-electron chi connectivity index (χ4n) is 2.42. The van der Waals surface area contributed by atoms with Gasteiger partial charge in [-0.2, -0.15) is 11.3 Å². The number of thiophene rings is 1. The maximum Gasteiger partial charge on any atom is 0.191 e. The van der Waals surface area contributed by atoms with Crippen LogP contribution in [0.4, 0.5) is 0 Å². The van der Waals surface area contributed by atoms with Gasteiger partial charge in [-0.3, -0.25) is 4.99 Å². The molecule has 2 unspecified atom stereocenters. The molecular formula is C14H24IN3O2S2. The second-order valence-electron chi connectivity index (χ2n) is 5.56. The van der Waals surface area contributed by atoms with Gasteiger partial charge in [0.2, 0.25) is 0 Å². The standard InChI is InChI=1S/C14H23N3O2S2.HI/c1-11(13-3-5-20-9-13)7-16-14(15-2)17-8-12-4-6-21(18,19)10-12;/h3,5,9,11-12H,4,6-8,10H2,1-2H3,(H2,15,16,17);1H. The molecule has 0 spiro atoms. The summed E-state index contributed by atoms with van der Waals surface area (Å²) in [6.07, 6.45) is 0.748. The highest BCUT2D eigenvalue weighted by molar-refractivity contribution is 14.0. The largest absolute Gasteiger partial charge is 0.356 e. The molecule has 0 saturated carbocycles. The summed E-state index contributed by atoms with van der Waals surface area (Å²) < 4.78 is 22.9. The molecule has 126 valence electrons. The van der Waals surface area contributed by atoms with Crippen molar-refractivity contribution >= 4 is 51.1 Å². The molecule has 2 atom stereocenters. The van der Waals surface area contributed by atoms with E-state index in [1.807, 2.05) is 0 Å². The molecule has 0 amide bonds. The average molecular weight is 457 g/mol. The van der Waals surface area contributed by atoms with Crippen molar-refractivity contribution in [2.24, 2.45) is 10.9 Å². The van der Waals surface area contributed by atoms with E-state index in [0.29, 0.717) is 24.0 Å². The van der Waals surface area contributed by atoms with Crippen molar-refractivity contribution in [3.05, 3.63) is 22.4 Å². The van der Waals surface area contributed by atoms with Crippen molar-refractivity contribution in [2.45, 2.75) is 19.3 Å². The molecule has 0 radical (unpaired) electrons. The molecule has 2 N–H and O–H groups in total. The maximum atomic E-state index is 11.4. The van der Waals surface area contributed by atoms with Crippen LogP contribution in [0.15, 0.2) is 21.8 Å². The van der Waals surface area contributed by atoms with E-state index in [0.717, 1.165) is 18.9 Å². The lowest BCUT2D eigenvalue weighted by Crippen LogP contribution is -2.41. The van der Waals surface area contributed by atoms with Crippen LogP contribution in [-0.4, -0.2) is 46.0 Å². The van der Waals surface area contributed by atoms with Crippen molar-refractivity contribution in [2.75, 3.05) is 31.6 Å². The Bertz CT molecular complexity index is 573. The molecule has 22 heavy (non-hydrogen) atoms. The van der Waals surface area contributed by atoms with Gasteiger partial charge in [0.25, 0.3) is 0 Å². The van der Waals surface area contributed by atoms with Crippen LogP contribution in [-0.2, 0) is 9.84 Å². The molecule has 1 aliphatic rings. The number of sulfone groups is 1. The van der Waals surface area contributed by atoms with Crippen LogP contribution in [0.3, 0.4) is 0 Å². The van der Waals surface area contributed by atoms with Gasteiger partial charge in [-0.1, -0.05) is 6.92 Å². The van der Waals surface area contributed by atoms with Crippen LogP contribution in [0.5, 0.6) is 0 Å². The van der Waals surface area contributed by atoms with E-state index in [1.54, 1.807) is 18.4 Å². The number of hydrogen-bond donors (Lipinski definition) is 2. The number of hydrogen-bond acceptors (Lipinski definition) is 4. The average Bonchev–Trinajstić information content (AvgIpc) is 3.08. The Labute approximate surface area is 153 Å². The summed E-state index contributed by atoms with van der Waals surface area (Å²) in [5.41, 5.74) is 1.32. The van der Waals surface area contributed by atoms with Gasteiger partial charge in [0.05, 0.1) is 11.5 Å². The van der Waals surface area contributed by atoms with Crippen LogP contribution < -0.4 is 10.6 Å². The zero-order valence-electron chi connectivity index (χ0n) is 12.9. The first kappa shape index (κ1) is 19.7. The van der Waals surface area contributed by atoms with E-state index in [4.69, 9.17) is 0 Å². The predicted molar refractivity (Wildman–Crippen MR) is 104 cm³/mol. The molecule has 2 rings (SSSR count). The monoisotopic (exact) mass is 457 g/mol. The zero-order valence-corrected chi connectivity index (χ0v) is 16.9. The minimum atomic E-state index is -2.80. The van der Waals surface area contributed by atoms with Gasteiger partial charge in [-0.05, 0) is 40.6 Å². The van der Waals surface area contributed by atoms with Crippen molar-refractivity contribution in [1.82, 2.24) is 10.6 Å². The van der Waals surface area contributed by atoms with E-state index >= 15 is 0 Å². The highest BCUT2D eigenvalue weighted by Gasteiger charge is 2.27. The molecule has 8 heteroatoms. The lowest BCUT2D eigenvalue weighted by molar-refractivity contribution is 0.565. The number of nitrogens with one attached hydrogen (secondary N) is 2. The van der Waals surface area contributed by atoms with Crippen molar-refractivity contribution < 1.29 is 8.42 Å². The molecular weight excluding hydrogens is 433 g/mol. The third-order valence-corrected chi connectivity index (χ3v) is 6.33. The summed E-state index contributed by atoms with van der Waals surface area (Å²) >= 11 is 1.70. The molecule has 1 aromatic rings. The van der Waals surface area contributed by atoms with Crippen molar-refractivity contribution in [3.8, 4) is 0 Å². The lowest BCUT2D eigenvalue weighted by Gasteiger charge is -2.17. The molecule has 0 bridgehead atoms. The summed E-state index contributed by atoms with van der Waals surface area (Å²) in [7, 11) is -1.07. The normalized spacial score (nSPS) is 21.9. The third-order valence-electron chi connectivity index (χ3n) is 3.80. The topological polar surface area (TPSA) is 70.6 Å². The lowest BCUT2D eigenvalue weighted by atomic mass is 10.1. The fraction of sp³-hybridized carbons (Fsp3) is 0.643. The van der Waals surface area contributed by atoms with E-state index in [2.05, 4.69) is 39.4 Å². The Hall–Kier alpha value is -0.350. The second kappa shape index (κ2) is 9.07. The molecule has 1 saturated heterocycles. The molecule has 2 heterocycles. The van der Waals surface area contributed by atoms with Gasteiger partial charge in [0, 0.05) is 20.1 Å². The predicted octanol–water partition coefficient (Wildman–Crippen LogP) is 2.07. The van der Waals surface area contributed by atoms with Crippen molar-refractivity contribution in [3.63, 3.8) is 0 Å². The molecule has 1 fully saturated rings. The first-order valence-electron chi connectivity index (χ1n) is 7.17. The summed E-state index contributed by atoms with van der Waals surface area (Å²) in [4.78, 5) is 4.19. The Morgan fingerprint density at radius 2 is 2.27 bits per heavy atom. The summed E-state index contributed by atoms with van der Waals surface area (Å²) in [5.74, 6) is 1.97. The molecule has 0 aromatic carbocycles. The van der Waals surface area contributed by atoms with Crippen LogP contribution in [0, 0.1) is 5.92 Å². The molecule has 1 aliphatic heterocycles. The summed E-state index contributed by atoms with van der Waals surface area (Å²) in [5, 5.41) is 10.8. The number of aliphatic imine (C=N–C) groups is 1. The molecule has 0 aliphatic carbocycles. The van der Waals surface area contributed by atoms with Crippen LogP contribution in [0.25, 0.3) is 0 Å². The fourth-order valence-corrected chi connectivity index (χ4v) is 5.06. The Morgan fingerprint density at radius 1 is 1.50 bits per heavy atom. The van der Waals surface area contributed by atoms with Gasteiger partial charge in [-0.25, -0.2) is 8.42 Å². The minimum absolute atomic E-state index is 0. The first-order valence-corrected chi connectivity index (χ1v) is 9.93. The highest BCUT2D eigenvalue weighted by atomic mass is 127. The van der Waals surface area contributed by atoms with E-state index in [1.165, 1.54) is 5.56 Å². The molecule has 5 nitrogen and oxygen atoms in total. The maximum absolute atomic E-state index is 11.4. The van der Waals surface area contributed by atoms with Gasteiger partial charge in [-0.15, -0.1) is 24.0 Å². The first-order chi connectivity index (χ1) is 10.00. The SMILES string of the molecule is CN=C(NCC1CCS(=O)(=O)C1)NCC(C)c1ccsc1.I. The quantitative estimate of drug-likeness (QED) is 0.404.